The van der Waals surface area contributed by atoms with Gasteiger partial charge in [0.1, 0.15) is 0 Å². The molecule has 0 radical (unpaired) electrons. The molecule has 1 aromatic carbocycles. The van der Waals surface area contributed by atoms with E-state index in [1.54, 1.807) is 12.1 Å². The van der Waals surface area contributed by atoms with Crippen molar-refractivity contribution in [2.75, 3.05) is 13.2 Å². The van der Waals surface area contributed by atoms with Crippen LogP contribution in [-0.2, 0) is 16.0 Å². The third-order valence-electron chi connectivity index (χ3n) is 3.11. The zero-order valence-corrected chi connectivity index (χ0v) is 13.1. The van der Waals surface area contributed by atoms with E-state index in [0.29, 0.717) is 16.7 Å². The smallest absolute Gasteiger partial charge is 0.242 e. The summed E-state index contributed by atoms with van der Waals surface area (Å²) in [4.78, 5) is 11.7. The third kappa shape index (κ3) is 5.87. The van der Waals surface area contributed by atoms with E-state index in [0.717, 1.165) is 25.0 Å². The van der Waals surface area contributed by atoms with Crippen molar-refractivity contribution >= 4 is 34.8 Å². The molecule has 5 nitrogen and oxygen atoms in total. The molecule has 0 spiro atoms. The van der Waals surface area contributed by atoms with Crippen LogP contribution in [0.15, 0.2) is 24.3 Å². The highest BCUT2D eigenvalue weighted by Crippen LogP contribution is 2.10. The lowest BCUT2D eigenvalue weighted by atomic mass is 10.1. The number of ether oxygens (including phenoxy) is 1. The summed E-state index contributed by atoms with van der Waals surface area (Å²) >= 11 is 10.9. The van der Waals surface area contributed by atoms with Gasteiger partial charge >= 0.3 is 0 Å². The maximum atomic E-state index is 11.7. The molecule has 1 aliphatic rings. The van der Waals surface area contributed by atoms with Crippen LogP contribution in [0.3, 0.4) is 0 Å². The maximum Gasteiger partial charge on any atom is 0.242 e. The van der Waals surface area contributed by atoms with E-state index in [1.807, 2.05) is 12.1 Å². The van der Waals surface area contributed by atoms with Crippen molar-refractivity contribution in [1.29, 1.82) is 0 Å². The Labute approximate surface area is 134 Å². The maximum absolute atomic E-state index is 11.7. The van der Waals surface area contributed by atoms with Crippen molar-refractivity contribution in [3.05, 3.63) is 34.9 Å². The summed E-state index contributed by atoms with van der Waals surface area (Å²) in [7, 11) is 0. The van der Waals surface area contributed by atoms with Crippen molar-refractivity contribution in [1.82, 2.24) is 16.2 Å². The molecule has 1 saturated heterocycles. The van der Waals surface area contributed by atoms with Crippen LogP contribution in [0.1, 0.15) is 18.4 Å². The molecule has 1 fully saturated rings. The molecule has 1 atom stereocenters. The Morgan fingerprint density at radius 3 is 2.76 bits per heavy atom. The van der Waals surface area contributed by atoms with E-state index in [4.69, 9.17) is 28.6 Å². The van der Waals surface area contributed by atoms with Crippen LogP contribution < -0.4 is 16.2 Å². The van der Waals surface area contributed by atoms with E-state index in [1.165, 1.54) is 0 Å². The van der Waals surface area contributed by atoms with Gasteiger partial charge in [-0.05, 0) is 42.8 Å². The fourth-order valence-electron chi connectivity index (χ4n) is 2.01. The summed E-state index contributed by atoms with van der Waals surface area (Å²) in [5.41, 5.74) is 6.12. The number of benzene rings is 1. The first-order chi connectivity index (χ1) is 10.1. The van der Waals surface area contributed by atoms with Gasteiger partial charge < -0.3 is 10.1 Å². The zero-order chi connectivity index (χ0) is 15.1. The highest BCUT2D eigenvalue weighted by molar-refractivity contribution is 7.80. The Morgan fingerprint density at radius 1 is 1.33 bits per heavy atom. The highest BCUT2D eigenvalue weighted by atomic mass is 35.5. The van der Waals surface area contributed by atoms with E-state index in [9.17, 15) is 4.79 Å². The molecule has 0 aliphatic carbocycles. The number of halogens is 1. The lowest BCUT2D eigenvalue weighted by Crippen LogP contribution is -2.48. The van der Waals surface area contributed by atoms with Gasteiger partial charge in [0.05, 0.1) is 12.5 Å². The van der Waals surface area contributed by atoms with Gasteiger partial charge in [0.2, 0.25) is 5.91 Å². The number of thiocarbonyl (C=S) groups is 1. The van der Waals surface area contributed by atoms with E-state index >= 15 is 0 Å². The minimum Gasteiger partial charge on any atom is -0.376 e. The van der Waals surface area contributed by atoms with Crippen LogP contribution in [0.5, 0.6) is 0 Å². The molecule has 0 aromatic heterocycles. The second-order valence-electron chi connectivity index (χ2n) is 4.82. The van der Waals surface area contributed by atoms with Crippen LogP contribution in [0.25, 0.3) is 0 Å². The minimum absolute atomic E-state index is 0.168. The van der Waals surface area contributed by atoms with Crippen LogP contribution in [0.4, 0.5) is 0 Å². The molecular formula is C14H18ClN3O2S. The summed E-state index contributed by atoms with van der Waals surface area (Å²) in [6.45, 7) is 1.46. The molecule has 2 rings (SSSR count). The third-order valence-corrected chi connectivity index (χ3v) is 3.61. The normalized spacial score (nSPS) is 17.3. The van der Waals surface area contributed by atoms with Gasteiger partial charge in [-0.3, -0.25) is 15.6 Å². The monoisotopic (exact) mass is 327 g/mol. The first kappa shape index (κ1) is 16.0. The minimum atomic E-state index is -0.168. The standard InChI is InChI=1S/C14H18ClN3O2S/c15-11-5-3-10(4-6-11)8-13(19)17-18-14(21)16-9-12-2-1-7-20-12/h3-6,12H,1-2,7-9H2,(H,17,19)(H2,16,18,21). The Bertz CT molecular complexity index is 489. The number of hydrogen-bond donors (Lipinski definition) is 3. The number of hydrogen-bond acceptors (Lipinski definition) is 3. The summed E-state index contributed by atoms with van der Waals surface area (Å²) in [5.74, 6) is -0.168. The van der Waals surface area contributed by atoms with Gasteiger partial charge in [-0.25, -0.2) is 0 Å². The van der Waals surface area contributed by atoms with Crippen molar-refractivity contribution in [3.63, 3.8) is 0 Å². The van der Waals surface area contributed by atoms with Crippen LogP contribution in [-0.4, -0.2) is 30.3 Å². The van der Waals surface area contributed by atoms with Crippen LogP contribution in [0.2, 0.25) is 5.02 Å². The number of amides is 1. The topological polar surface area (TPSA) is 62.4 Å². The Kier molecular flexibility index (Phi) is 6.22. The Hall–Kier alpha value is -1.37. The summed E-state index contributed by atoms with van der Waals surface area (Å²) in [6.07, 6.45) is 2.59. The van der Waals surface area contributed by atoms with E-state index in [2.05, 4.69) is 16.2 Å². The largest absolute Gasteiger partial charge is 0.376 e. The quantitative estimate of drug-likeness (QED) is 0.578. The molecule has 7 heteroatoms. The zero-order valence-electron chi connectivity index (χ0n) is 11.5. The molecule has 21 heavy (non-hydrogen) atoms. The number of carbonyl (C=O) groups excluding carboxylic acids is 1. The predicted molar refractivity (Wildman–Crippen MR) is 86.0 cm³/mol. The number of nitrogens with one attached hydrogen (secondary N) is 3. The fraction of sp³-hybridized carbons (Fsp3) is 0.429. The second kappa shape index (κ2) is 8.17. The van der Waals surface area contributed by atoms with Crippen LogP contribution in [0, 0.1) is 0 Å². The van der Waals surface area contributed by atoms with E-state index < -0.39 is 0 Å². The molecule has 0 bridgehead atoms. The molecule has 1 aromatic rings. The molecule has 0 saturated carbocycles. The SMILES string of the molecule is O=C(Cc1ccc(Cl)cc1)NNC(=S)NCC1CCCO1. The average Bonchev–Trinajstić information content (AvgIpc) is 2.99. The summed E-state index contributed by atoms with van der Waals surface area (Å²) in [5, 5.41) is 4.05. The summed E-state index contributed by atoms with van der Waals surface area (Å²) < 4.78 is 5.47. The molecule has 1 heterocycles. The molecule has 1 amide bonds. The molecule has 114 valence electrons. The van der Waals surface area contributed by atoms with Gasteiger partial charge in [-0.15, -0.1) is 0 Å². The van der Waals surface area contributed by atoms with Gasteiger partial charge in [-0.1, -0.05) is 23.7 Å². The van der Waals surface area contributed by atoms with Crippen LogP contribution >= 0.6 is 23.8 Å². The second-order valence-corrected chi connectivity index (χ2v) is 5.67. The summed E-state index contributed by atoms with van der Waals surface area (Å²) in [6, 6.07) is 7.14. The molecule has 1 unspecified atom stereocenters. The highest BCUT2D eigenvalue weighted by Gasteiger charge is 2.15. The predicted octanol–water partition coefficient (Wildman–Crippen LogP) is 1.56. The lowest BCUT2D eigenvalue weighted by molar-refractivity contribution is -0.121. The fourth-order valence-corrected chi connectivity index (χ4v) is 2.27. The number of hydrazine groups is 1. The first-order valence-corrected chi connectivity index (χ1v) is 7.61. The lowest BCUT2D eigenvalue weighted by Gasteiger charge is -2.14. The van der Waals surface area contributed by atoms with Gasteiger partial charge in [0.15, 0.2) is 5.11 Å². The average molecular weight is 328 g/mol. The van der Waals surface area contributed by atoms with Crippen molar-refractivity contribution in [2.45, 2.75) is 25.4 Å². The first-order valence-electron chi connectivity index (χ1n) is 6.82. The molecule has 1 aliphatic heterocycles. The molecule has 3 N–H and O–H groups in total. The number of rotatable bonds is 4. The van der Waals surface area contributed by atoms with Crippen molar-refractivity contribution < 1.29 is 9.53 Å². The number of carbonyl (C=O) groups is 1. The van der Waals surface area contributed by atoms with Crippen molar-refractivity contribution in [3.8, 4) is 0 Å². The van der Waals surface area contributed by atoms with Gasteiger partial charge in [-0.2, -0.15) is 0 Å². The van der Waals surface area contributed by atoms with Gasteiger partial charge in [0.25, 0.3) is 0 Å². The Morgan fingerprint density at radius 2 is 2.10 bits per heavy atom. The van der Waals surface area contributed by atoms with Gasteiger partial charge in [0, 0.05) is 18.2 Å². The Balaban J connectivity index is 1.63. The molecular weight excluding hydrogens is 310 g/mol. The van der Waals surface area contributed by atoms with Crippen molar-refractivity contribution in [2.24, 2.45) is 0 Å². The van der Waals surface area contributed by atoms with E-state index in [-0.39, 0.29) is 18.4 Å².